The van der Waals surface area contributed by atoms with Crippen molar-refractivity contribution in [2.75, 3.05) is 12.3 Å². The van der Waals surface area contributed by atoms with Gasteiger partial charge in [-0.05, 0) is 25.5 Å². The van der Waals surface area contributed by atoms with E-state index in [4.69, 9.17) is 15.2 Å². The smallest absolute Gasteiger partial charge is 0.309 e. The van der Waals surface area contributed by atoms with Crippen molar-refractivity contribution in [1.29, 1.82) is 0 Å². The number of hydrogen-bond donors (Lipinski definition) is 1. The van der Waals surface area contributed by atoms with E-state index < -0.39 is 0 Å². The SMILES string of the molecule is CCC(C)OC(=O)CCOc1cccc(N)c1. The van der Waals surface area contributed by atoms with Crippen LogP contribution in [0.25, 0.3) is 0 Å². The molecule has 0 amide bonds. The highest BCUT2D eigenvalue weighted by Crippen LogP contribution is 2.14. The fraction of sp³-hybridized carbons (Fsp3) is 0.462. The van der Waals surface area contributed by atoms with Crippen LogP contribution in [-0.4, -0.2) is 18.7 Å². The number of hydrogen-bond acceptors (Lipinski definition) is 4. The van der Waals surface area contributed by atoms with Crippen LogP contribution in [0.5, 0.6) is 5.75 Å². The zero-order chi connectivity index (χ0) is 12.7. The van der Waals surface area contributed by atoms with Crippen LogP contribution in [0.1, 0.15) is 26.7 Å². The lowest BCUT2D eigenvalue weighted by Crippen LogP contribution is -2.16. The van der Waals surface area contributed by atoms with Gasteiger partial charge in [-0.1, -0.05) is 13.0 Å². The molecule has 4 heteroatoms. The molecule has 1 aromatic carbocycles. The molecule has 1 unspecified atom stereocenters. The minimum Gasteiger partial charge on any atom is -0.493 e. The summed E-state index contributed by atoms with van der Waals surface area (Å²) in [5.74, 6) is 0.435. The molecule has 4 nitrogen and oxygen atoms in total. The van der Waals surface area contributed by atoms with Crippen LogP contribution < -0.4 is 10.5 Å². The van der Waals surface area contributed by atoms with Gasteiger partial charge in [0.1, 0.15) is 5.75 Å². The van der Waals surface area contributed by atoms with E-state index >= 15 is 0 Å². The largest absolute Gasteiger partial charge is 0.493 e. The highest BCUT2D eigenvalue weighted by atomic mass is 16.5. The third-order valence-corrected chi connectivity index (χ3v) is 2.34. The molecule has 0 aliphatic heterocycles. The van der Waals surface area contributed by atoms with Gasteiger partial charge in [-0.3, -0.25) is 4.79 Å². The molecule has 0 fully saturated rings. The highest BCUT2D eigenvalue weighted by molar-refractivity contribution is 5.69. The number of carbonyl (C=O) groups is 1. The van der Waals surface area contributed by atoms with E-state index in [2.05, 4.69) is 0 Å². The number of anilines is 1. The highest BCUT2D eigenvalue weighted by Gasteiger charge is 2.07. The average molecular weight is 237 g/mol. The fourth-order valence-corrected chi connectivity index (χ4v) is 1.22. The molecule has 0 heterocycles. The van der Waals surface area contributed by atoms with Crippen molar-refractivity contribution in [3.05, 3.63) is 24.3 Å². The van der Waals surface area contributed by atoms with E-state index in [0.717, 1.165) is 6.42 Å². The van der Waals surface area contributed by atoms with Crippen LogP contribution in [0.2, 0.25) is 0 Å². The van der Waals surface area contributed by atoms with Gasteiger partial charge in [0, 0.05) is 11.8 Å². The number of esters is 1. The molecule has 17 heavy (non-hydrogen) atoms. The van der Waals surface area contributed by atoms with Crippen LogP contribution >= 0.6 is 0 Å². The molecule has 0 spiro atoms. The molecule has 0 saturated carbocycles. The molecule has 1 atom stereocenters. The summed E-state index contributed by atoms with van der Waals surface area (Å²) in [6.45, 7) is 4.15. The number of nitrogens with two attached hydrogens (primary N) is 1. The van der Waals surface area contributed by atoms with Crippen LogP contribution in [0, 0.1) is 0 Å². The first-order valence-corrected chi connectivity index (χ1v) is 5.79. The van der Waals surface area contributed by atoms with Gasteiger partial charge in [-0.25, -0.2) is 0 Å². The summed E-state index contributed by atoms with van der Waals surface area (Å²) in [7, 11) is 0. The lowest BCUT2D eigenvalue weighted by atomic mass is 10.3. The normalized spacial score (nSPS) is 11.9. The maximum absolute atomic E-state index is 11.3. The van der Waals surface area contributed by atoms with Crippen molar-refractivity contribution in [2.24, 2.45) is 0 Å². The second-order valence-corrected chi connectivity index (χ2v) is 3.88. The molecule has 2 N–H and O–H groups in total. The summed E-state index contributed by atoms with van der Waals surface area (Å²) in [4.78, 5) is 11.3. The van der Waals surface area contributed by atoms with E-state index in [9.17, 15) is 4.79 Å². The van der Waals surface area contributed by atoms with Crippen molar-refractivity contribution in [3.63, 3.8) is 0 Å². The quantitative estimate of drug-likeness (QED) is 0.609. The van der Waals surface area contributed by atoms with E-state index in [1.165, 1.54) is 0 Å². The fourth-order valence-electron chi connectivity index (χ4n) is 1.22. The lowest BCUT2D eigenvalue weighted by molar-refractivity contribution is -0.148. The summed E-state index contributed by atoms with van der Waals surface area (Å²) in [5, 5.41) is 0. The molecule has 1 rings (SSSR count). The Hall–Kier alpha value is -1.71. The van der Waals surface area contributed by atoms with Crippen LogP contribution in [0.4, 0.5) is 5.69 Å². The standard InChI is InChI=1S/C13H19NO3/c1-3-10(2)17-13(15)7-8-16-12-6-4-5-11(14)9-12/h4-6,9-10H,3,7-8,14H2,1-2H3. The molecule has 0 bridgehead atoms. The van der Waals surface area contributed by atoms with Gasteiger partial charge in [-0.2, -0.15) is 0 Å². The van der Waals surface area contributed by atoms with Crippen molar-refractivity contribution < 1.29 is 14.3 Å². The third-order valence-electron chi connectivity index (χ3n) is 2.34. The number of nitrogen functional groups attached to an aromatic ring is 1. The first kappa shape index (κ1) is 13.4. The predicted octanol–water partition coefficient (Wildman–Crippen LogP) is 2.38. The van der Waals surface area contributed by atoms with E-state index in [1.807, 2.05) is 19.9 Å². The zero-order valence-electron chi connectivity index (χ0n) is 10.3. The van der Waals surface area contributed by atoms with Gasteiger partial charge in [0.2, 0.25) is 0 Å². The molecule has 94 valence electrons. The van der Waals surface area contributed by atoms with Gasteiger partial charge >= 0.3 is 5.97 Å². The zero-order valence-corrected chi connectivity index (χ0v) is 10.3. The number of rotatable bonds is 6. The maximum atomic E-state index is 11.3. The Bertz CT molecular complexity index is 365. The van der Waals surface area contributed by atoms with Crippen molar-refractivity contribution >= 4 is 11.7 Å². The Morgan fingerprint density at radius 1 is 1.47 bits per heavy atom. The molecular weight excluding hydrogens is 218 g/mol. The van der Waals surface area contributed by atoms with Gasteiger partial charge in [0.15, 0.2) is 0 Å². The van der Waals surface area contributed by atoms with E-state index in [0.29, 0.717) is 18.0 Å². The Kier molecular flexibility index (Phi) is 5.33. The molecule has 0 aromatic heterocycles. The first-order valence-electron chi connectivity index (χ1n) is 5.79. The third kappa shape index (κ3) is 5.24. The molecule has 0 radical (unpaired) electrons. The Balaban J connectivity index is 2.26. The topological polar surface area (TPSA) is 61.5 Å². The van der Waals surface area contributed by atoms with Crippen LogP contribution in [0.15, 0.2) is 24.3 Å². The van der Waals surface area contributed by atoms with Gasteiger partial charge in [0.05, 0.1) is 19.1 Å². The van der Waals surface area contributed by atoms with Crippen LogP contribution in [0.3, 0.4) is 0 Å². The predicted molar refractivity (Wildman–Crippen MR) is 66.8 cm³/mol. The van der Waals surface area contributed by atoms with Crippen molar-refractivity contribution in [2.45, 2.75) is 32.8 Å². The number of carbonyl (C=O) groups excluding carboxylic acids is 1. The van der Waals surface area contributed by atoms with Crippen molar-refractivity contribution in [1.82, 2.24) is 0 Å². The van der Waals surface area contributed by atoms with Gasteiger partial charge in [-0.15, -0.1) is 0 Å². The van der Waals surface area contributed by atoms with E-state index in [1.54, 1.807) is 18.2 Å². The van der Waals surface area contributed by atoms with E-state index in [-0.39, 0.29) is 18.5 Å². The Labute approximate surface area is 102 Å². The second kappa shape index (κ2) is 6.78. The summed E-state index contributed by atoms with van der Waals surface area (Å²) in [6.07, 6.45) is 1.04. The van der Waals surface area contributed by atoms with Gasteiger partial charge in [0.25, 0.3) is 0 Å². The summed E-state index contributed by atoms with van der Waals surface area (Å²) >= 11 is 0. The van der Waals surface area contributed by atoms with Crippen LogP contribution in [-0.2, 0) is 9.53 Å². The molecule has 0 aliphatic rings. The van der Waals surface area contributed by atoms with Gasteiger partial charge < -0.3 is 15.2 Å². The molecule has 0 saturated heterocycles. The monoisotopic (exact) mass is 237 g/mol. The minimum absolute atomic E-state index is 0.0325. The summed E-state index contributed by atoms with van der Waals surface area (Å²) in [5.41, 5.74) is 6.25. The molecular formula is C13H19NO3. The minimum atomic E-state index is -0.233. The number of ether oxygens (including phenoxy) is 2. The first-order chi connectivity index (χ1) is 8.11. The molecule has 0 aliphatic carbocycles. The van der Waals surface area contributed by atoms with Crippen molar-refractivity contribution in [3.8, 4) is 5.75 Å². The average Bonchev–Trinajstić information content (AvgIpc) is 2.29. The maximum Gasteiger partial charge on any atom is 0.309 e. The second-order valence-electron chi connectivity index (χ2n) is 3.88. The summed E-state index contributed by atoms with van der Waals surface area (Å²) in [6, 6.07) is 7.11. The Morgan fingerprint density at radius 2 is 2.24 bits per heavy atom. The molecule has 1 aromatic rings. The lowest BCUT2D eigenvalue weighted by Gasteiger charge is -2.11. The number of benzene rings is 1. The Morgan fingerprint density at radius 3 is 2.88 bits per heavy atom. The summed E-state index contributed by atoms with van der Waals surface area (Å²) < 4.78 is 10.5.